The van der Waals surface area contributed by atoms with Gasteiger partial charge in [-0.25, -0.2) is 4.79 Å². The predicted molar refractivity (Wildman–Crippen MR) is 69.0 cm³/mol. The first-order valence-corrected chi connectivity index (χ1v) is 5.93. The maximum absolute atomic E-state index is 11.7. The van der Waals surface area contributed by atoms with Gasteiger partial charge in [-0.2, -0.15) is 0 Å². The first-order chi connectivity index (χ1) is 9.04. The summed E-state index contributed by atoms with van der Waals surface area (Å²) in [6, 6.07) is 5.63. The van der Waals surface area contributed by atoms with Gasteiger partial charge in [-0.15, -0.1) is 0 Å². The molecule has 2 amide bonds. The van der Waals surface area contributed by atoms with Crippen LogP contribution < -0.4 is 10.6 Å². The Labute approximate surface area is 110 Å². The number of amides is 2. The number of benzene rings is 1. The first-order valence-electron chi connectivity index (χ1n) is 5.93. The number of carboxylic acid groups (broad SMARTS) is 1. The number of carboxylic acids is 1. The molecular weight excluding hydrogens is 248 g/mol. The highest BCUT2D eigenvalue weighted by molar-refractivity contribution is 5.98. The van der Waals surface area contributed by atoms with E-state index >= 15 is 0 Å². The van der Waals surface area contributed by atoms with Gasteiger partial charge in [-0.05, 0) is 24.6 Å². The highest BCUT2D eigenvalue weighted by Crippen LogP contribution is 2.05. The van der Waals surface area contributed by atoms with Crippen molar-refractivity contribution < 1.29 is 19.5 Å². The molecule has 0 unspecified atom stereocenters. The van der Waals surface area contributed by atoms with E-state index in [0.29, 0.717) is 6.54 Å². The van der Waals surface area contributed by atoms with Gasteiger partial charge in [0, 0.05) is 12.1 Å². The largest absolute Gasteiger partial charge is 0.478 e. The lowest BCUT2D eigenvalue weighted by molar-refractivity contribution is -0.120. The summed E-state index contributed by atoms with van der Waals surface area (Å²) in [4.78, 5) is 33.8. The second kappa shape index (κ2) is 7.15. The van der Waals surface area contributed by atoms with Crippen LogP contribution >= 0.6 is 0 Å². The Hall–Kier alpha value is -2.37. The number of aromatic carboxylic acids is 1. The Morgan fingerprint density at radius 2 is 1.84 bits per heavy atom. The molecule has 19 heavy (non-hydrogen) atoms. The van der Waals surface area contributed by atoms with E-state index in [-0.39, 0.29) is 23.6 Å². The molecule has 3 N–H and O–H groups in total. The van der Waals surface area contributed by atoms with Crippen molar-refractivity contribution >= 4 is 17.8 Å². The minimum absolute atomic E-state index is 0.0306. The zero-order valence-corrected chi connectivity index (χ0v) is 10.6. The Balaban J connectivity index is 2.56. The lowest BCUT2D eigenvalue weighted by atomic mass is 10.1. The van der Waals surface area contributed by atoms with Crippen molar-refractivity contribution in [3.05, 3.63) is 35.4 Å². The lowest BCUT2D eigenvalue weighted by Gasteiger charge is -2.06. The summed E-state index contributed by atoms with van der Waals surface area (Å²) in [5.41, 5.74) is 0.242. The molecule has 0 radical (unpaired) electrons. The molecular formula is C13H16N2O4. The second-order valence-corrected chi connectivity index (χ2v) is 3.92. The van der Waals surface area contributed by atoms with Crippen molar-refractivity contribution in [2.45, 2.75) is 13.3 Å². The van der Waals surface area contributed by atoms with Crippen molar-refractivity contribution in [2.75, 3.05) is 13.1 Å². The van der Waals surface area contributed by atoms with Crippen molar-refractivity contribution in [1.82, 2.24) is 10.6 Å². The van der Waals surface area contributed by atoms with Gasteiger partial charge >= 0.3 is 5.97 Å². The smallest absolute Gasteiger partial charge is 0.335 e. The minimum atomic E-state index is -1.10. The van der Waals surface area contributed by atoms with Crippen LogP contribution in [0.1, 0.15) is 34.1 Å². The third-order valence-electron chi connectivity index (χ3n) is 2.35. The average Bonchev–Trinajstić information content (AvgIpc) is 2.42. The summed E-state index contributed by atoms with van der Waals surface area (Å²) in [5, 5.41) is 13.9. The molecule has 0 saturated heterocycles. The molecule has 1 rings (SSSR count). The topological polar surface area (TPSA) is 95.5 Å². The molecule has 0 bridgehead atoms. The molecule has 0 aliphatic carbocycles. The molecule has 0 atom stereocenters. The highest BCUT2D eigenvalue weighted by atomic mass is 16.4. The normalized spacial score (nSPS) is 9.74. The minimum Gasteiger partial charge on any atom is -0.478 e. The van der Waals surface area contributed by atoms with Crippen molar-refractivity contribution in [3.8, 4) is 0 Å². The van der Waals surface area contributed by atoms with Crippen LogP contribution in [-0.2, 0) is 4.79 Å². The third kappa shape index (κ3) is 4.79. The summed E-state index contributed by atoms with van der Waals surface area (Å²) in [5.74, 6) is -1.85. The maximum Gasteiger partial charge on any atom is 0.335 e. The van der Waals surface area contributed by atoms with Crippen LogP contribution in [0.4, 0.5) is 0 Å². The van der Waals surface area contributed by atoms with E-state index in [1.54, 1.807) is 0 Å². The van der Waals surface area contributed by atoms with Crippen LogP contribution in [0.3, 0.4) is 0 Å². The van der Waals surface area contributed by atoms with Gasteiger partial charge < -0.3 is 15.7 Å². The average molecular weight is 264 g/mol. The van der Waals surface area contributed by atoms with E-state index in [4.69, 9.17) is 5.11 Å². The molecule has 6 nitrogen and oxygen atoms in total. The summed E-state index contributed by atoms with van der Waals surface area (Å²) >= 11 is 0. The van der Waals surface area contributed by atoms with Crippen LogP contribution in [-0.4, -0.2) is 36.0 Å². The standard InChI is InChI=1S/C13H16N2O4/c1-2-6-14-11(16)8-15-12(17)9-4-3-5-10(7-9)13(18)19/h3-5,7H,2,6,8H2,1H3,(H,14,16)(H,15,17)(H,18,19). The van der Waals surface area contributed by atoms with Gasteiger partial charge in [0.1, 0.15) is 0 Å². The molecule has 1 aromatic carbocycles. The summed E-state index contributed by atoms with van der Waals surface area (Å²) in [6.07, 6.45) is 0.820. The molecule has 0 fully saturated rings. The molecule has 0 aliphatic heterocycles. The number of hydrogen-bond acceptors (Lipinski definition) is 3. The molecule has 102 valence electrons. The predicted octanol–water partition coefficient (Wildman–Crippen LogP) is 0.641. The fourth-order valence-electron chi connectivity index (χ4n) is 1.38. The van der Waals surface area contributed by atoms with Gasteiger partial charge in [0.05, 0.1) is 12.1 Å². The molecule has 0 heterocycles. The highest BCUT2D eigenvalue weighted by Gasteiger charge is 2.10. The van der Waals surface area contributed by atoms with Gasteiger partial charge in [0.2, 0.25) is 5.91 Å². The molecule has 0 saturated carbocycles. The lowest BCUT2D eigenvalue weighted by Crippen LogP contribution is -2.37. The Kier molecular flexibility index (Phi) is 5.53. The van der Waals surface area contributed by atoms with E-state index < -0.39 is 11.9 Å². The molecule has 1 aromatic rings. The Morgan fingerprint density at radius 3 is 2.47 bits per heavy atom. The Bertz CT molecular complexity index is 485. The van der Waals surface area contributed by atoms with E-state index in [1.165, 1.54) is 24.3 Å². The van der Waals surface area contributed by atoms with E-state index in [1.807, 2.05) is 6.92 Å². The molecule has 0 aromatic heterocycles. The molecule has 6 heteroatoms. The zero-order valence-electron chi connectivity index (χ0n) is 10.6. The van der Waals surface area contributed by atoms with E-state index in [0.717, 1.165) is 6.42 Å². The summed E-state index contributed by atoms with van der Waals surface area (Å²) in [7, 11) is 0. The van der Waals surface area contributed by atoms with Gasteiger partial charge in [-0.3, -0.25) is 9.59 Å². The van der Waals surface area contributed by atoms with E-state index in [9.17, 15) is 14.4 Å². The van der Waals surface area contributed by atoms with Crippen LogP contribution in [0.2, 0.25) is 0 Å². The van der Waals surface area contributed by atoms with Crippen LogP contribution in [0.25, 0.3) is 0 Å². The zero-order chi connectivity index (χ0) is 14.3. The number of nitrogens with one attached hydrogen (secondary N) is 2. The molecule has 0 spiro atoms. The molecule has 0 aliphatic rings. The van der Waals surface area contributed by atoms with Crippen molar-refractivity contribution in [2.24, 2.45) is 0 Å². The fourth-order valence-corrected chi connectivity index (χ4v) is 1.38. The van der Waals surface area contributed by atoms with Crippen molar-refractivity contribution in [3.63, 3.8) is 0 Å². The fraction of sp³-hybridized carbons (Fsp3) is 0.308. The number of hydrogen-bond donors (Lipinski definition) is 3. The SMILES string of the molecule is CCCNC(=O)CNC(=O)c1cccc(C(=O)O)c1. The quantitative estimate of drug-likeness (QED) is 0.702. The van der Waals surface area contributed by atoms with Gasteiger partial charge in [0.25, 0.3) is 5.91 Å². The van der Waals surface area contributed by atoms with Gasteiger partial charge in [-0.1, -0.05) is 13.0 Å². The van der Waals surface area contributed by atoms with Crippen LogP contribution in [0, 0.1) is 0 Å². The van der Waals surface area contributed by atoms with Crippen LogP contribution in [0.5, 0.6) is 0 Å². The van der Waals surface area contributed by atoms with E-state index in [2.05, 4.69) is 10.6 Å². The number of carbonyl (C=O) groups excluding carboxylic acids is 2. The van der Waals surface area contributed by atoms with Crippen LogP contribution in [0.15, 0.2) is 24.3 Å². The summed E-state index contributed by atoms with van der Waals surface area (Å²) in [6.45, 7) is 2.36. The summed E-state index contributed by atoms with van der Waals surface area (Å²) < 4.78 is 0. The number of rotatable bonds is 6. The Morgan fingerprint density at radius 1 is 1.16 bits per heavy atom. The first kappa shape index (κ1) is 14.7. The third-order valence-corrected chi connectivity index (χ3v) is 2.35. The maximum atomic E-state index is 11.7. The number of carbonyl (C=O) groups is 3. The second-order valence-electron chi connectivity index (χ2n) is 3.92. The van der Waals surface area contributed by atoms with Crippen molar-refractivity contribution in [1.29, 1.82) is 0 Å². The van der Waals surface area contributed by atoms with Gasteiger partial charge in [0.15, 0.2) is 0 Å². The monoisotopic (exact) mass is 264 g/mol.